The van der Waals surface area contributed by atoms with Crippen LogP contribution in [0.15, 0.2) is 18.2 Å². The fourth-order valence-corrected chi connectivity index (χ4v) is 2.99. The van der Waals surface area contributed by atoms with Gasteiger partial charge in [0.15, 0.2) is 0 Å². The number of nitrogens with one attached hydrogen (secondary N) is 1. The highest BCUT2D eigenvalue weighted by Crippen LogP contribution is 2.23. The number of nitrogen functional groups attached to an aromatic ring is 1. The molecule has 1 saturated heterocycles. The summed E-state index contributed by atoms with van der Waals surface area (Å²) in [7, 11) is 4.17. The molecule has 0 spiro atoms. The van der Waals surface area contributed by atoms with Crippen molar-refractivity contribution in [2.45, 2.75) is 13.0 Å². The van der Waals surface area contributed by atoms with E-state index in [-0.39, 0.29) is 5.91 Å². The summed E-state index contributed by atoms with van der Waals surface area (Å²) in [5.74, 6) is 0.544. The maximum atomic E-state index is 12.1. The lowest BCUT2D eigenvalue weighted by molar-refractivity contribution is -0.117. The number of carbonyl (C=O) groups is 1. The Bertz CT molecular complexity index is 520. The van der Waals surface area contributed by atoms with E-state index in [1.165, 1.54) is 0 Å². The molecule has 2 unspecified atom stereocenters. The van der Waals surface area contributed by atoms with Crippen LogP contribution in [0.5, 0.6) is 0 Å². The number of nitrogens with two attached hydrogens (primary N) is 1. The van der Waals surface area contributed by atoms with Gasteiger partial charge in [0.25, 0.3) is 0 Å². The molecule has 116 valence electrons. The largest absolute Gasteiger partial charge is 0.397 e. The second-order valence-electron chi connectivity index (χ2n) is 5.99. The number of hydrogen-bond donors (Lipinski definition) is 2. The number of rotatable bonds is 4. The van der Waals surface area contributed by atoms with Gasteiger partial charge in [-0.1, -0.05) is 18.5 Å². The molecule has 1 aliphatic rings. The van der Waals surface area contributed by atoms with Crippen molar-refractivity contribution in [1.29, 1.82) is 0 Å². The third-order valence-corrected chi connectivity index (χ3v) is 4.30. The van der Waals surface area contributed by atoms with Crippen molar-refractivity contribution in [3.8, 4) is 0 Å². The summed E-state index contributed by atoms with van der Waals surface area (Å²) in [6, 6.07) is 5.62. The first kappa shape index (κ1) is 16.1. The van der Waals surface area contributed by atoms with Crippen LogP contribution < -0.4 is 11.1 Å². The van der Waals surface area contributed by atoms with Gasteiger partial charge in [0.1, 0.15) is 0 Å². The fraction of sp³-hybridized carbons (Fsp3) is 0.533. The molecule has 6 heteroatoms. The summed E-state index contributed by atoms with van der Waals surface area (Å²) >= 11 is 5.87. The Morgan fingerprint density at radius 2 is 2.19 bits per heavy atom. The van der Waals surface area contributed by atoms with Crippen LogP contribution in [0.2, 0.25) is 5.02 Å². The SMILES string of the molecule is CC1CN(CC(=O)Nc2ccc(Cl)c(N)c2)CC1N(C)C. The smallest absolute Gasteiger partial charge is 0.238 e. The standard InChI is InChI=1S/C15H23ClN4O/c1-10-7-20(8-14(10)19(2)3)9-15(21)18-11-4-5-12(16)13(17)6-11/h4-6,10,14H,7-9,17H2,1-3H3,(H,18,21). The van der Waals surface area contributed by atoms with Crippen LogP contribution in [0, 0.1) is 5.92 Å². The van der Waals surface area contributed by atoms with E-state index >= 15 is 0 Å². The number of benzene rings is 1. The van der Waals surface area contributed by atoms with Gasteiger partial charge in [0, 0.05) is 24.8 Å². The van der Waals surface area contributed by atoms with Gasteiger partial charge in [-0.05, 0) is 38.2 Å². The number of halogens is 1. The number of nitrogens with zero attached hydrogens (tertiary/aromatic N) is 2. The molecular weight excluding hydrogens is 288 g/mol. The van der Waals surface area contributed by atoms with E-state index in [1.807, 2.05) is 0 Å². The van der Waals surface area contributed by atoms with E-state index in [1.54, 1.807) is 18.2 Å². The van der Waals surface area contributed by atoms with Gasteiger partial charge in [0.2, 0.25) is 5.91 Å². The monoisotopic (exact) mass is 310 g/mol. The van der Waals surface area contributed by atoms with E-state index in [2.05, 4.69) is 36.1 Å². The topological polar surface area (TPSA) is 61.6 Å². The zero-order valence-corrected chi connectivity index (χ0v) is 13.5. The number of carbonyl (C=O) groups excluding carboxylic acids is 1. The molecule has 0 saturated carbocycles. The van der Waals surface area contributed by atoms with E-state index < -0.39 is 0 Å². The third kappa shape index (κ3) is 4.09. The average molecular weight is 311 g/mol. The van der Waals surface area contributed by atoms with Gasteiger partial charge in [-0.2, -0.15) is 0 Å². The summed E-state index contributed by atoms with van der Waals surface area (Å²) in [4.78, 5) is 16.5. The summed E-state index contributed by atoms with van der Waals surface area (Å²) in [5, 5.41) is 3.36. The van der Waals surface area contributed by atoms with E-state index in [0.29, 0.717) is 34.9 Å². The van der Waals surface area contributed by atoms with Gasteiger partial charge < -0.3 is 16.0 Å². The van der Waals surface area contributed by atoms with Crippen LogP contribution >= 0.6 is 11.6 Å². The minimum absolute atomic E-state index is 0.0247. The zero-order chi connectivity index (χ0) is 15.6. The molecule has 1 aromatic carbocycles. The number of likely N-dealkylation sites (tertiary alicyclic amines) is 1. The quantitative estimate of drug-likeness (QED) is 0.832. The Balaban J connectivity index is 1.89. The number of anilines is 2. The fourth-order valence-electron chi connectivity index (χ4n) is 2.87. The Labute approximate surface area is 131 Å². The molecule has 21 heavy (non-hydrogen) atoms. The summed E-state index contributed by atoms with van der Waals surface area (Å²) in [6.45, 7) is 4.49. The zero-order valence-electron chi connectivity index (χ0n) is 12.8. The lowest BCUT2D eigenvalue weighted by atomic mass is 10.1. The number of amides is 1. The average Bonchev–Trinajstić information content (AvgIpc) is 2.75. The first-order valence-corrected chi connectivity index (χ1v) is 7.48. The Kier molecular flexibility index (Phi) is 5.08. The van der Waals surface area contributed by atoms with E-state index in [0.717, 1.165) is 13.1 Å². The predicted octanol–water partition coefficient (Wildman–Crippen LogP) is 1.74. The molecule has 5 nitrogen and oxygen atoms in total. The molecule has 1 fully saturated rings. The first-order chi connectivity index (χ1) is 9.86. The van der Waals surface area contributed by atoms with Crippen molar-refractivity contribution in [3.63, 3.8) is 0 Å². The molecule has 2 rings (SSSR count). The van der Waals surface area contributed by atoms with Crippen molar-refractivity contribution in [2.75, 3.05) is 44.8 Å². The third-order valence-electron chi connectivity index (χ3n) is 3.96. The molecule has 0 aromatic heterocycles. The van der Waals surface area contributed by atoms with Crippen molar-refractivity contribution in [3.05, 3.63) is 23.2 Å². The second-order valence-corrected chi connectivity index (χ2v) is 6.39. The molecule has 1 aromatic rings. The molecule has 3 N–H and O–H groups in total. The Morgan fingerprint density at radius 3 is 2.76 bits per heavy atom. The first-order valence-electron chi connectivity index (χ1n) is 7.10. The van der Waals surface area contributed by atoms with Crippen LogP contribution in [0.4, 0.5) is 11.4 Å². The van der Waals surface area contributed by atoms with E-state index in [9.17, 15) is 4.79 Å². The van der Waals surface area contributed by atoms with Crippen LogP contribution in [-0.2, 0) is 4.79 Å². The molecule has 0 bridgehead atoms. The van der Waals surface area contributed by atoms with Gasteiger partial charge in [0.05, 0.1) is 17.3 Å². The highest BCUT2D eigenvalue weighted by molar-refractivity contribution is 6.33. The maximum Gasteiger partial charge on any atom is 0.238 e. The normalized spacial score (nSPS) is 22.7. The van der Waals surface area contributed by atoms with Gasteiger partial charge >= 0.3 is 0 Å². The lowest BCUT2D eigenvalue weighted by Crippen LogP contribution is -2.36. The van der Waals surface area contributed by atoms with Crippen LogP contribution in [0.25, 0.3) is 0 Å². The summed E-state index contributed by atoms with van der Waals surface area (Å²) in [5.41, 5.74) is 6.88. The van der Waals surface area contributed by atoms with E-state index in [4.69, 9.17) is 17.3 Å². The van der Waals surface area contributed by atoms with Gasteiger partial charge in [-0.15, -0.1) is 0 Å². The molecule has 0 aliphatic carbocycles. The molecular formula is C15H23ClN4O. The van der Waals surface area contributed by atoms with Crippen LogP contribution in [-0.4, -0.2) is 55.5 Å². The maximum absolute atomic E-state index is 12.1. The second kappa shape index (κ2) is 6.64. The molecule has 1 aliphatic heterocycles. The predicted molar refractivity (Wildman–Crippen MR) is 87.6 cm³/mol. The molecule has 1 amide bonds. The van der Waals surface area contributed by atoms with Gasteiger partial charge in [-0.3, -0.25) is 9.69 Å². The molecule has 0 radical (unpaired) electrons. The lowest BCUT2D eigenvalue weighted by Gasteiger charge is -2.22. The Morgan fingerprint density at radius 1 is 1.48 bits per heavy atom. The van der Waals surface area contributed by atoms with Crippen molar-refractivity contribution in [1.82, 2.24) is 9.80 Å². The summed E-state index contributed by atoms with van der Waals surface area (Å²) in [6.07, 6.45) is 0. The van der Waals surface area contributed by atoms with Crippen molar-refractivity contribution < 1.29 is 4.79 Å². The minimum atomic E-state index is -0.0247. The number of hydrogen-bond acceptors (Lipinski definition) is 4. The van der Waals surface area contributed by atoms with Crippen LogP contribution in [0.1, 0.15) is 6.92 Å². The van der Waals surface area contributed by atoms with Gasteiger partial charge in [-0.25, -0.2) is 0 Å². The highest BCUT2D eigenvalue weighted by Gasteiger charge is 2.31. The molecule has 1 heterocycles. The summed E-state index contributed by atoms with van der Waals surface area (Å²) < 4.78 is 0. The van der Waals surface area contributed by atoms with Crippen LogP contribution in [0.3, 0.4) is 0 Å². The minimum Gasteiger partial charge on any atom is -0.397 e. The molecule has 2 atom stereocenters. The van der Waals surface area contributed by atoms with Crippen molar-refractivity contribution >= 4 is 28.9 Å². The number of likely N-dealkylation sites (N-methyl/N-ethyl adjacent to an activating group) is 1. The van der Waals surface area contributed by atoms with Crippen molar-refractivity contribution in [2.24, 2.45) is 5.92 Å². The highest BCUT2D eigenvalue weighted by atomic mass is 35.5. The Hall–Kier alpha value is -1.30.